The van der Waals surface area contributed by atoms with Crippen LogP contribution in [0.1, 0.15) is 37.9 Å². The number of hydrogen-bond donors (Lipinski definition) is 2. The molecule has 3 N–H and O–H groups in total. The average Bonchev–Trinajstić information content (AvgIpc) is 3.24. The predicted octanol–water partition coefficient (Wildman–Crippen LogP) is 4.44. The van der Waals surface area contributed by atoms with Gasteiger partial charge < -0.3 is 15.9 Å². The number of benzene rings is 3. The molecule has 0 aromatic heterocycles. The number of nitro benzene ring substituents is 1. The van der Waals surface area contributed by atoms with Crippen LogP contribution >= 0.6 is 23.2 Å². The first-order valence-corrected chi connectivity index (χ1v) is 11.5. The van der Waals surface area contributed by atoms with Crippen molar-refractivity contribution in [2.45, 2.75) is 6.10 Å². The van der Waals surface area contributed by atoms with E-state index in [1.807, 2.05) is 0 Å². The number of non-ortho nitro benzene ring substituents is 1. The Labute approximate surface area is 224 Å². The molecule has 1 aliphatic rings. The van der Waals surface area contributed by atoms with Crippen molar-refractivity contribution in [1.82, 2.24) is 0 Å². The Hall–Kier alpha value is -4.79. The number of nitro groups is 1. The first-order valence-electron chi connectivity index (χ1n) is 10.7. The molecule has 3 aromatic rings. The van der Waals surface area contributed by atoms with E-state index in [1.54, 1.807) is 24.3 Å². The number of esters is 1. The minimum Gasteiger partial charge on any atom is -0.453 e. The number of nitrogens with one attached hydrogen (secondary N) is 1. The third-order valence-electron chi connectivity index (χ3n) is 5.76. The molecular weight excluding hydrogens is 537 g/mol. The summed E-state index contributed by atoms with van der Waals surface area (Å²) in [5, 5.41) is 26.7. The van der Waals surface area contributed by atoms with Crippen molar-refractivity contribution < 1.29 is 24.0 Å². The molecule has 38 heavy (non-hydrogen) atoms. The smallest absolute Gasteiger partial charge is 0.339 e. The van der Waals surface area contributed by atoms with Gasteiger partial charge in [0.2, 0.25) is 0 Å². The van der Waals surface area contributed by atoms with Gasteiger partial charge in [0.1, 0.15) is 23.8 Å². The number of cyclic esters (lactones) is 1. The van der Waals surface area contributed by atoms with Crippen LogP contribution in [0.25, 0.3) is 0 Å². The molecule has 0 spiro atoms. The van der Waals surface area contributed by atoms with Crippen LogP contribution in [0, 0.1) is 27.4 Å². The first-order chi connectivity index (χ1) is 18.2. The second-order valence-corrected chi connectivity index (χ2v) is 8.77. The van der Waals surface area contributed by atoms with Gasteiger partial charge in [-0.15, -0.1) is 0 Å². The number of rotatable bonds is 7. The summed E-state index contributed by atoms with van der Waals surface area (Å²) in [6.45, 7) is 0. The number of fused-ring (bicyclic) bond motifs is 1. The van der Waals surface area contributed by atoms with E-state index < -0.39 is 40.3 Å². The van der Waals surface area contributed by atoms with Crippen molar-refractivity contribution in [2.75, 3.05) is 5.32 Å². The third-order valence-corrected chi connectivity index (χ3v) is 6.50. The Morgan fingerprint density at radius 2 is 1.87 bits per heavy atom. The lowest BCUT2D eigenvalue weighted by Gasteiger charge is -2.23. The lowest BCUT2D eigenvalue weighted by atomic mass is 9.84. The molecule has 1 heterocycles. The van der Waals surface area contributed by atoms with Crippen LogP contribution in [0.5, 0.6) is 0 Å². The summed E-state index contributed by atoms with van der Waals surface area (Å²) in [5.41, 5.74) is -0.636. The molecule has 11 nitrogen and oxygen atoms in total. The SMILES string of the molecule is N#Cc1cc([N+](=O)[O-])ccc1NC(=O)/C(=N\N)[C@H](C(=O)c1ccc(Cl)c(Cl)c1)[C@@H]1OC(=O)c2ccccc21. The molecule has 1 amide bonds. The number of hydrogen-bond acceptors (Lipinski definition) is 9. The summed E-state index contributed by atoms with van der Waals surface area (Å²) < 4.78 is 5.50. The topological polar surface area (TPSA) is 178 Å². The molecule has 3 aromatic carbocycles. The van der Waals surface area contributed by atoms with E-state index in [9.17, 15) is 29.8 Å². The fourth-order valence-corrected chi connectivity index (χ4v) is 4.27. The minimum absolute atomic E-state index is 0.0341. The largest absolute Gasteiger partial charge is 0.453 e. The quantitative estimate of drug-likeness (QED) is 0.108. The average molecular weight is 552 g/mol. The number of nitrogens with two attached hydrogens (primary N) is 1. The molecule has 1 aliphatic heterocycles. The van der Waals surface area contributed by atoms with E-state index in [2.05, 4.69) is 10.4 Å². The Morgan fingerprint density at radius 1 is 1.13 bits per heavy atom. The standard InChI is InChI=1S/C25H15Cl2N5O6/c26-17-7-5-12(10-18(17)27)22(33)20(23-15-3-1-2-4-16(15)25(35)38-23)21(31-29)24(34)30-19-8-6-14(32(36)37)9-13(19)11-28/h1-10,20,23H,29H2,(H,30,34)/b31-21-/t20-,23-/m1/s1. The third kappa shape index (κ3) is 4.90. The van der Waals surface area contributed by atoms with Gasteiger partial charge in [-0.2, -0.15) is 10.4 Å². The number of Topliss-reactive ketones (excluding diaryl/α,β-unsaturated/α-hetero) is 1. The summed E-state index contributed by atoms with van der Waals surface area (Å²) >= 11 is 12.1. The van der Waals surface area contributed by atoms with Crippen molar-refractivity contribution in [1.29, 1.82) is 5.26 Å². The Bertz CT molecular complexity index is 1580. The van der Waals surface area contributed by atoms with Gasteiger partial charge >= 0.3 is 5.97 Å². The number of hydrazone groups is 1. The Kier molecular flexibility index (Phi) is 7.38. The number of nitriles is 1. The van der Waals surface area contributed by atoms with E-state index >= 15 is 0 Å². The van der Waals surface area contributed by atoms with Crippen molar-refractivity contribution in [2.24, 2.45) is 16.9 Å². The summed E-state index contributed by atoms with van der Waals surface area (Å²) in [7, 11) is 0. The summed E-state index contributed by atoms with van der Waals surface area (Å²) in [4.78, 5) is 50.0. The molecular formula is C25H15Cl2N5O6. The number of ether oxygens (including phenoxy) is 1. The number of ketones is 1. The number of anilines is 1. The zero-order chi connectivity index (χ0) is 27.6. The lowest BCUT2D eigenvalue weighted by molar-refractivity contribution is -0.384. The number of halogens is 2. The van der Waals surface area contributed by atoms with Gasteiger partial charge in [-0.3, -0.25) is 19.7 Å². The van der Waals surface area contributed by atoms with Crippen molar-refractivity contribution >= 4 is 57.9 Å². The van der Waals surface area contributed by atoms with E-state index in [0.717, 1.165) is 18.2 Å². The maximum absolute atomic E-state index is 13.8. The molecule has 0 radical (unpaired) electrons. The molecule has 2 atom stereocenters. The highest BCUT2D eigenvalue weighted by atomic mass is 35.5. The highest BCUT2D eigenvalue weighted by Gasteiger charge is 2.45. The minimum atomic E-state index is -1.53. The van der Waals surface area contributed by atoms with Crippen molar-refractivity contribution in [3.8, 4) is 6.07 Å². The molecule has 4 rings (SSSR count). The molecule has 0 aliphatic carbocycles. The second kappa shape index (κ2) is 10.7. The monoisotopic (exact) mass is 551 g/mol. The summed E-state index contributed by atoms with van der Waals surface area (Å²) in [6, 6.07) is 15.3. The van der Waals surface area contributed by atoms with Gasteiger partial charge in [0.25, 0.3) is 11.6 Å². The normalized spacial score (nSPS) is 15.1. The molecule has 0 bridgehead atoms. The van der Waals surface area contributed by atoms with E-state index in [-0.39, 0.29) is 38.1 Å². The molecule has 190 valence electrons. The van der Waals surface area contributed by atoms with E-state index in [0.29, 0.717) is 5.56 Å². The molecule has 0 unspecified atom stereocenters. The van der Waals surface area contributed by atoms with Crippen molar-refractivity contribution in [3.63, 3.8) is 0 Å². The van der Waals surface area contributed by atoms with Crippen LogP contribution in [0.3, 0.4) is 0 Å². The van der Waals surface area contributed by atoms with Crippen LogP contribution < -0.4 is 11.2 Å². The Morgan fingerprint density at radius 3 is 2.53 bits per heavy atom. The van der Waals surface area contributed by atoms with Gasteiger partial charge in [-0.25, -0.2) is 4.79 Å². The summed E-state index contributed by atoms with van der Waals surface area (Å²) in [5.74, 6) is 1.63. The number of carbonyl (C=O) groups excluding carboxylic acids is 3. The van der Waals surface area contributed by atoms with E-state index in [4.69, 9.17) is 33.8 Å². The van der Waals surface area contributed by atoms with Crippen LogP contribution in [0.4, 0.5) is 11.4 Å². The number of amides is 1. The van der Waals surface area contributed by atoms with Gasteiger partial charge in [0, 0.05) is 23.3 Å². The van der Waals surface area contributed by atoms with Crippen molar-refractivity contribution in [3.05, 3.63) is 103 Å². The fourth-order valence-electron chi connectivity index (χ4n) is 3.97. The zero-order valence-corrected chi connectivity index (χ0v) is 20.6. The van der Waals surface area contributed by atoms with Crippen LogP contribution in [0.15, 0.2) is 65.8 Å². The summed E-state index contributed by atoms with van der Waals surface area (Å²) in [6.07, 6.45) is -1.28. The van der Waals surface area contributed by atoms with Crippen LogP contribution in [0.2, 0.25) is 10.0 Å². The zero-order valence-electron chi connectivity index (χ0n) is 19.1. The number of carbonyl (C=O) groups is 3. The highest BCUT2D eigenvalue weighted by molar-refractivity contribution is 6.48. The fraction of sp³-hybridized carbons (Fsp3) is 0.0800. The van der Waals surface area contributed by atoms with Gasteiger partial charge in [-0.1, -0.05) is 41.4 Å². The predicted molar refractivity (Wildman–Crippen MR) is 137 cm³/mol. The van der Waals surface area contributed by atoms with Gasteiger partial charge in [0.15, 0.2) is 5.78 Å². The van der Waals surface area contributed by atoms with Crippen LogP contribution in [-0.2, 0) is 9.53 Å². The maximum atomic E-state index is 13.8. The first kappa shape index (κ1) is 26.3. The molecule has 0 fully saturated rings. The molecule has 13 heteroatoms. The molecule has 0 saturated heterocycles. The highest BCUT2D eigenvalue weighted by Crippen LogP contribution is 2.39. The number of nitrogens with zero attached hydrogens (tertiary/aromatic N) is 3. The van der Waals surface area contributed by atoms with E-state index in [1.165, 1.54) is 24.3 Å². The second-order valence-electron chi connectivity index (χ2n) is 7.95. The maximum Gasteiger partial charge on any atom is 0.339 e. The van der Waals surface area contributed by atoms with Gasteiger partial charge in [0.05, 0.1) is 31.8 Å². The van der Waals surface area contributed by atoms with Crippen LogP contribution in [-0.4, -0.2) is 28.3 Å². The molecule has 0 saturated carbocycles. The lowest BCUT2D eigenvalue weighted by Crippen LogP contribution is -2.39. The Balaban J connectivity index is 1.78. The van der Waals surface area contributed by atoms with Gasteiger partial charge in [-0.05, 0) is 30.3 Å².